The number of hydrogen-bond donors (Lipinski definition) is 0. The Bertz CT molecular complexity index is 657. The summed E-state index contributed by atoms with van der Waals surface area (Å²) < 4.78 is 6.16. The smallest absolute Gasteiger partial charge is 0.266 e. The zero-order valence-electron chi connectivity index (χ0n) is 11.6. The first-order chi connectivity index (χ1) is 10.5. The van der Waals surface area contributed by atoms with E-state index >= 15 is 0 Å². The molecule has 7 heteroatoms. The summed E-state index contributed by atoms with van der Waals surface area (Å²) in [6, 6.07) is 5.26. The molecule has 0 spiro atoms. The minimum atomic E-state index is -0.0726. The van der Waals surface area contributed by atoms with Crippen molar-refractivity contribution in [3.63, 3.8) is 0 Å². The van der Waals surface area contributed by atoms with E-state index in [0.29, 0.717) is 25.8 Å². The lowest BCUT2D eigenvalue weighted by atomic mass is 10.2. The molecule has 2 fully saturated rings. The second-order valence-electron chi connectivity index (χ2n) is 5.10. The Morgan fingerprint density at radius 2 is 2.23 bits per heavy atom. The molecule has 0 bridgehead atoms. The van der Waals surface area contributed by atoms with E-state index in [-0.39, 0.29) is 12.0 Å². The fraction of sp³-hybridized carbons (Fsp3) is 0.333. The van der Waals surface area contributed by atoms with E-state index in [1.807, 2.05) is 6.07 Å². The maximum Gasteiger partial charge on any atom is 0.266 e. The van der Waals surface area contributed by atoms with Crippen molar-refractivity contribution in [2.24, 2.45) is 0 Å². The lowest BCUT2D eigenvalue weighted by Crippen LogP contribution is -2.35. The molecular weight excluding hydrogens is 361 g/mol. The quantitative estimate of drug-likeness (QED) is 0.580. The van der Waals surface area contributed by atoms with Gasteiger partial charge in [-0.2, -0.15) is 0 Å². The zero-order valence-corrected chi connectivity index (χ0v) is 14.7. The van der Waals surface area contributed by atoms with Crippen molar-refractivity contribution in [3.05, 3.63) is 38.7 Å². The van der Waals surface area contributed by atoms with E-state index < -0.39 is 0 Å². The van der Waals surface area contributed by atoms with E-state index in [1.54, 1.807) is 23.1 Å². The second-order valence-corrected chi connectivity index (χ2v) is 7.59. The Morgan fingerprint density at radius 3 is 2.91 bits per heavy atom. The number of thiocarbonyl (C=S) groups is 1. The van der Waals surface area contributed by atoms with Crippen LogP contribution in [-0.2, 0) is 9.53 Å². The van der Waals surface area contributed by atoms with Gasteiger partial charge in [0.25, 0.3) is 5.91 Å². The SMILES string of the molecule is O=C1/C(=C/c2ccc(Cl)c(Cl)c2)SC(=S)N1CC1CCCO1. The second kappa shape index (κ2) is 6.89. The minimum absolute atomic E-state index is 0.0726. The minimum Gasteiger partial charge on any atom is -0.376 e. The van der Waals surface area contributed by atoms with Crippen molar-refractivity contribution < 1.29 is 9.53 Å². The van der Waals surface area contributed by atoms with Crippen LogP contribution >= 0.6 is 47.2 Å². The number of carbonyl (C=O) groups is 1. The summed E-state index contributed by atoms with van der Waals surface area (Å²) in [7, 11) is 0. The third-order valence-electron chi connectivity index (χ3n) is 3.53. The lowest BCUT2D eigenvalue weighted by Gasteiger charge is -2.18. The molecule has 0 aromatic heterocycles. The number of thioether (sulfide) groups is 1. The number of rotatable bonds is 3. The molecule has 0 aliphatic carbocycles. The van der Waals surface area contributed by atoms with Gasteiger partial charge in [0, 0.05) is 6.61 Å². The topological polar surface area (TPSA) is 29.5 Å². The fourth-order valence-electron chi connectivity index (χ4n) is 2.40. The van der Waals surface area contributed by atoms with Crippen LogP contribution in [0.2, 0.25) is 10.0 Å². The van der Waals surface area contributed by atoms with Crippen LogP contribution in [-0.4, -0.2) is 34.4 Å². The molecule has 2 heterocycles. The highest BCUT2D eigenvalue weighted by atomic mass is 35.5. The van der Waals surface area contributed by atoms with Gasteiger partial charge >= 0.3 is 0 Å². The summed E-state index contributed by atoms with van der Waals surface area (Å²) in [5.41, 5.74) is 0.826. The summed E-state index contributed by atoms with van der Waals surface area (Å²) in [6.45, 7) is 1.29. The normalized spacial score (nSPS) is 23.8. The average molecular weight is 374 g/mol. The maximum absolute atomic E-state index is 12.5. The van der Waals surface area contributed by atoms with Crippen molar-refractivity contribution in [1.82, 2.24) is 4.90 Å². The van der Waals surface area contributed by atoms with Gasteiger partial charge in [-0.15, -0.1) is 0 Å². The van der Waals surface area contributed by atoms with Crippen molar-refractivity contribution in [2.75, 3.05) is 13.2 Å². The molecule has 116 valence electrons. The van der Waals surface area contributed by atoms with Crippen LogP contribution in [0.25, 0.3) is 6.08 Å². The van der Waals surface area contributed by atoms with Crippen molar-refractivity contribution in [2.45, 2.75) is 18.9 Å². The first-order valence-electron chi connectivity index (χ1n) is 6.86. The molecule has 22 heavy (non-hydrogen) atoms. The first kappa shape index (κ1) is 16.3. The molecule has 1 amide bonds. The molecule has 0 radical (unpaired) electrons. The van der Waals surface area contributed by atoms with Crippen molar-refractivity contribution in [1.29, 1.82) is 0 Å². The summed E-state index contributed by atoms with van der Waals surface area (Å²) in [4.78, 5) is 14.7. The van der Waals surface area contributed by atoms with Gasteiger partial charge in [0.15, 0.2) is 0 Å². The van der Waals surface area contributed by atoms with Crippen molar-refractivity contribution >= 4 is 63.5 Å². The predicted octanol–water partition coefficient (Wildman–Crippen LogP) is 4.37. The number of nitrogens with zero attached hydrogens (tertiary/aromatic N) is 1. The number of ether oxygens (including phenoxy) is 1. The fourth-order valence-corrected chi connectivity index (χ4v) is 3.98. The van der Waals surface area contributed by atoms with Crippen molar-refractivity contribution in [3.8, 4) is 0 Å². The molecular formula is C15H13Cl2NO2S2. The highest BCUT2D eigenvalue weighted by Gasteiger charge is 2.34. The first-order valence-corrected chi connectivity index (χ1v) is 8.84. The third-order valence-corrected chi connectivity index (χ3v) is 5.64. The van der Waals surface area contributed by atoms with E-state index in [1.165, 1.54) is 11.8 Å². The van der Waals surface area contributed by atoms with Gasteiger partial charge in [0.05, 0.1) is 27.6 Å². The van der Waals surface area contributed by atoms with Crippen LogP contribution in [0.5, 0.6) is 0 Å². The van der Waals surface area contributed by atoms with Gasteiger partial charge in [-0.1, -0.05) is 53.2 Å². The highest BCUT2D eigenvalue weighted by molar-refractivity contribution is 8.26. The molecule has 2 saturated heterocycles. The Labute approximate surface area is 148 Å². The van der Waals surface area contributed by atoms with Gasteiger partial charge in [-0.3, -0.25) is 9.69 Å². The number of amides is 1. The lowest BCUT2D eigenvalue weighted by molar-refractivity contribution is -0.123. The van der Waals surface area contributed by atoms with Crippen LogP contribution < -0.4 is 0 Å². The molecule has 1 aromatic carbocycles. The summed E-state index contributed by atoms with van der Waals surface area (Å²) in [5, 5.41) is 0.954. The van der Waals surface area contributed by atoms with Gasteiger partial charge in [0.2, 0.25) is 0 Å². The Hall–Kier alpha value is -0.590. The third kappa shape index (κ3) is 3.49. The monoisotopic (exact) mass is 373 g/mol. The molecule has 3 nitrogen and oxygen atoms in total. The van der Waals surface area contributed by atoms with Gasteiger partial charge in [0.1, 0.15) is 4.32 Å². The molecule has 1 aromatic rings. The van der Waals surface area contributed by atoms with E-state index in [9.17, 15) is 4.79 Å². The van der Waals surface area contributed by atoms with Crippen LogP contribution in [0.3, 0.4) is 0 Å². The Balaban J connectivity index is 1.77. The van der Waals surface area contributed by atoms with Gasteiger partial charge in [-0.05, 0) is 36.6 Å². The summed E-state index contributed by atoms with van der Waals surface area (Å²) >= 11 is 18.5. The van der Waals surface area contributed by atoms with E-state index in [4.69, 9.17) is 40.2 Å². The molecule has 2 aliphatic heterocycles. The number of benzene rings is 1. The van der Waals surface area contributed by atoms with E-state index in [0.717, 1.165) is 25.0 Å². The van der Waals surface area contributed by atoms with Crippen LogP contribution in [0.4, 0.5) is 0 Å². The molecule has 0 N–H and O–H groups in total. The van der Waals surface area contributed by atoms with Gasteiger partial charge < -0.3 is 4.74 Å². The maximum atomic E-state index is 12.5. The number of halogens is 2. The predicted molar refractivity (Wildman–Crippen MR) is 95.3 cm³/mol. The molecule has 3 rings (SSSR count). The standard InChI is InChI=1S/C15H13Cl2NO2S2/c16-11-4-3-9(6-12(11)17)7-13-14(19)18(15(21)22-13)8-10-2-1-5-20-10/h3-4,6-7,10H,1-2,5,8H2/b13-7-. The van der Waals surface area contributed by atoms with Crippen LogP contribution in [0, 0.1) is 0 Å². The van der Waals surface area contributed by atoms with Crippen LogP contribution in [0.15, 0.2) is 23.1 Å². The average Bonchev–Trinajstić information content (AvgIpc) is 3.08. The number of hydrogen-bond acceptors (Lipinski definition) is 4. The summed E-state index contributed by atoms with van der Waals surface area (Å²) in [6.07, 6.45) is 3.89. The number of carbonyl (C=O) groups excluding carboxylic acids is 1. The molecule has 2 aliphatic rings. The van der Waals surface area contributed by atoms with E-state index in [2.05, 4.69) is 0 Å². The largest absolute Gasteiger partial charge is 0.376 e. The molecule has 0 saturated carbocycles. The Morgan fingerprint density at radius 1 is 1.41 bits per heavy atom. The molecule has 1 unspecified atom stereocenters. The van der Waals surface area contributed by atoms with Gasteiger partial charge in [-0.25, -0.2) is 0 Å². The highest BCUT2D eigenvalue weighted by Crippen LogP contribution is 2.34. The van der Waals surface area contributed by atoms with Crippen LogP contribution in [0.1, 0.15) is 18.4 Å². The molecule has 1 atom stereocenters. The summed E-state index contributed by atoms with van der Waals surface area (Å²) in [5.74, 6) is -0.0726. The zero-order chi connectivity index (χ0) is 15.7. The Kier molecular flexibility index (Phi) is 5.10.